The number of nitrogens with zero attached hydrogens (tertiary/aromatic N) is 1. The van der Waals surface area contributed by atoms with Crippen molar-refractivity contribution in [3.05, 3.63) is 29.0 Å². The minimum Gasteiger partial charge on any atom is -0.314 e. The van der Waals surface area contributed by atoms with Gasteiger partial charge in [-0.25, -0.2) is 0 Å². The Bertz CT molecular complexity index is 386. The number of rotatable bonds is 5. The maximum absolute atomic E-state index is 6.28. The Morgan fingerprint density at radius 1 is 1.25 bits per heavy atom. The molecule has 20 heavy (non-hydrogen) atoms. The van der Waals surface area contributed by atoms with Crippen molar-refractivity contribution >= 4 is 11.6 Å². The molecular weight excluding hydrogens is 268 g/mol. The Hall–Kier alpha value is -0.600. The van der Waals surface area contributed by atoms with Crippen LogP contribution in [0.1, 0.15) is 57.4 Å². The molecule has 0 bridgehead atoms. The maximum Gasteiger partial charge on any atom is 0.0621 e. The Morgan fingerprint density at radius 3 is 2.60 bits per heavy atom. The SMILES string of the molecule is CCNC(Cc1ccncc1Cl)C1CCCCCCC1. The minimum atomic E-state index is 0.554. The Labute approximate surface area is 128 Å². The van der Waals surface area contributed by atoms with Gasteiger partial charge < -0.3 is 5.32 Å². The molecule has 1 aromatic rings. The van der Waals surface area contributed by atoms with Crippen LogP contribution in [0.5, 0.6) is 0 Å². The van der Waals surface area contributed by atoms with E-state index in [-0.39, 0.29) is 0 Å². The molecule has 1 N–H and O–H groups in total. The van der Waals surface area contributed by atoms with Crippen LogP contribution < -0.4 is 5.32 Å². The summed E-state index contributed by atoms with van der Waals surface area (Å²) < 4.78 is 0. The summed E-state index contributed by atoms with van der Waals surface area (Å²) in [5.74, 6) is 0.791. The summed E-state index contributed by atoms with van der Waals surface area (Å²) in [7, 11) is 0. The van der Waals surface area contributed by atoms with E-state index < -0.39 is 0 Å². The Kier molecular flexibility index (Phi) is 6.81. The van der Waals surface area contributed by atoms with E-state index in [9.17, 15) is 0 Å². The molecule has 0 spiro atoms. The van der Waals surface area contributed by atoms with Gasteiger partial charge in [0.25, 0.3) is 0 Å². The molecule has 1 aliphatic carbocycles. The maximum atomic E-state index is 6.28. The highest BCUT2D eigenvalue weighted by molar-refractivity contribution is 6.31. The highest BCUT2D eigenvalue weighted by Crippen LogP contribution is 2.27. The van der Waals surface area contributed by atoms with Crippen molar-refractivity contribution in [3.8, 4) is 0 Å². The van der Waals surface area contributed by atoms with Gasteiger partial charge >= 0.3 is 0 Å². The summed E-state index contributed by atoms with van der Waals surface area (Å²) in [6.45, 7) is 3.23. The number of likely N-dealkylation sites (N-methyl/N-ethyl adjacent to an activating group) is 1. The topological polar surface area (TPSA) is 24.9 Å². The lowest BCUT2D eigenvalue weighted by Crippen LogP contribution is -2.38. The minimum absolute atomic E-state index is 0.554. The van der Waals surface area contributed by atoms with Crippen LogP contribution in [-0.4, -0.2) is 17.6 Å². The third-order valence-electron chi connectivity index (χ3n) is 4.48. The van der Waals surface area contributed by atoms with Crippen molar-refractivity contribution in [1.82, 2.24) is 10.3 Å². The lowest BCUT2D eigenvalue weighted by atomic mass is 9.83. The highest BCUT2D eigenvalue weighted by Gasteiger charge is 2.22. The molecule has 2 rings (SSSR count). The van der Waals surface area contributed by atoms with Gasteiger partial charge in [0, 0.05) is 18.4 Å². The van der Waals surface area contributed by atoms with Crippen LogP contribution in [0.15, 0.2) is 18.5 Å². The second-order valence-corrected chi connectivity index (χ2v) is 6.35. The van der Waals surface area contributed by atoms with Crippen molar-refractivity contribution in [3.63, 3.8) is 0 Å². The van der Waals surface area contributed by atoms with Gasteiger partial charge in [-0.3, -0.25) is 4.98 Å². The van der Waals surface area contributed by atoms with Gasteiger partial charge in [-0.05, 0) is 43.4 Å². The van der Waals surface area contributed by atoms with Crippen molar-refractivity contribution in [2.45, 2.75) is 64.3 Å². The smallest absolute Gasteiger partial charge is 0.0621 e. The largest absolute Gasteiger partial charge is 0.314 e. The summed E-state index contributed by atoms with van der Waals surface area (Å²) in [6.07, 6.45) is 14.4. The van der Waals surface area contributed by atoms with Gasteiger partial charge in [-0.1, -0.05) is 50.6 Å². The molecule has 1 unspecified atom stereocenters. The van der Waals surface area contributed by atoms with E-state index in [1.54, 1.807) is 6.20 Å². The van der Waals surface area contributed by atoms with Crippen LogP contribution in [0.3, 0.4) is 0 Å². The van der Waals surface area contributed by atoms with E-state index in [2.05, 4.69) is 23.3 Å². The summed E-state index contributed by atoms with van der Waals surface area (Å²) in [6, 6.07) is 2.62. The lowest BCUT2D eigenvalue weighted by Gasteiger charge is -2.30. The fourth-order valence-electron chi connectivity index (χ4n) is 3.36. The van der Waals surface area contributed by atoms with E-state index in [4.69, 9.17) is 11.6 Å². The van der Waals surface area contributed by atoms with E-state index in [0.29, 0.717) is 6.04 Å². The fourth-order valence-corrected chi connectivity index (χ4v) is 3.56. The van der Waals surface area contributed by atoms with Gasteiger partial charge in [0.15, 0.2) is 0 Å². The molecule has 1 heterocycles. The average Bonchev–Trinajstić information content (AvgIpc) is 2.40. The third kappa shape index (κ3) is 4.75. The molecule has 0 radical (unpaired) electrons. The number of halogens is 1. The molecule has 1 aliphatic rings. The van der Waals surface area contributed by atoms with Crippen molar-refractivity contribution in [1.29, 1.82) is 0 Å². The molecule has 1 aromatic heterocycles. The average molecular weight is 295 g/mol. The number of aromatic nitrogens is 1. The van der Waals surface area contributed by atoms with Gasteiger partial charge in [0.2, 0.25) is 0 Å². The summed E-state index contributed by atoms with van der Waals surface area (Å²) in [5, 5.41) is 4.50. The van der Waals surface area contributed by atoms with Crippen LogP contribution in [0.2, 0.25) is 5.02 Å². The molecule has 2 nitrogen and oxygen atoms in total. The van der Waals surface area contributed by atoms with Gasteiger partial charge in [0.05, 0.1) is 5.02 Å². The first-order valence-corrected chi connectivity index (χ1v) is 8.50. The predicted molar refractivity (Wildman–Crippen MR) is 86.2 cm³/mol. The molecule has 3 heteroatoms. The first-order chi connectivity index (χ1) is 9.81. The van der Waals surface area contributed by atoms with E-state index in [1.807, 2.05) is 6.20 Å². The van der Waals surface area contributed by atoms with Crippen LogP contribution >= 0.6 is 11.6 Å². The summed E-state index contributed by atoms with van der Waals surface area (Å²) in [5.41, 5.74) is 1.23. The normalized spacial score (nSPS) is 19.3. The first-order valence-electron chi connectivity index (χ1n) is 8.13. The van der Waals surface area contributed by atoms with Crippen LogP contribution in [0.4, 0.5) is 0 Å². The van der Waals surface area contributed by atoms with Gasteiger partial charge in [-0.2, -0.15) is 0 Å². The molecule has 0 aromatic carbocycles. The highest BCUT2D eigenvalue weighted by atomic mass is 35.5. The molecule has 0 amide bonds. The number of hydrogen-bond acceptors (Lipinski definition) is 2. The molecule has 0 aliphatic heterocycles. The third-order valence-corrected chi connectivity index (χ3v) is 4.82. The zero-order chi connectivity index (χ0) is 14.2. The van der Waals surface area contributed by atoms with Crippen molar-refractivity contribution < 1.29 is 0 Å². The standard InChI is InChI=1S/C17H27ClN2/c1-2-20-17(12-15-10-11-19-13-16(15)18)14-8-6-4-3-5-7-9-14/h10-11,13-14,17,20H,2-9,12H2,1H3. The number of hydrogen-bond donors (Lipinski definition) is 1. The zero-order valence-corrected chi connectivity index (χ0v) is 13.3. The molecule has 112 valence electrons. The van der Waals surface area contributed by atoms with Crippen LogP contribution in [-0.2, 0) is 6.42 Å². The predicted octanol–water partition coefficient (Wildman–Crippen LogP) is 4.62. The van der Waals surface area contributed by atoms with E-state index in [0.717, 1.165) is 23.9 Å². The summed E-state index contributed by atoms with van der Waals surface area (Å²) in [4.78, 5) is 4.09. The first kappa shape index (κ1) is 15.8. The zero-order valence-electron chi connectivity index (χ0n) is 12.6. The second kappa shape index (κ2) is 8.63. The summed E-state index contributed by atoms with van der Waals surface area (Å²) >= 11 is 6.28. The molecule has 1 atom stereocenters. The number of nitrogens with one attached hydrogen (secondary N) is 1. The monoisotopic (exact) mass is 294 g/mol. The van der Waals surface area contributed by atoms with Crippen LogP contribution in [0.25, 0.3) is 0 Å². The molecule has 1 fully saturated rings. The van der Waals surface area contributed by atoms with Gasteiger partial charge in [0.1, 0.15) is 0 Å². The van der Waals surface area contributed by atoms with E-state index >= 15 is 0 Å². The lowest BCUT2D eigenvalue weighted by molar-refractivity contribution is 0.286. The molecule has 1 saturated carbocycles. The van der Waals surface area contributed by atoms with Gasteiger partial charge in [-0.15, -0.1) is 0 Å². The quantitative estimate of drug-likeness (QED) is 0.857. The fraction of sp³-hybridized carbons (Fsp3) is 0.706. The molecule has 0 saturated heterocycles. The Balaban J connectivity index is 2.03. The number of pyridine rings is 1. The van der Waals surface area contributed by atoms with E-state index in [1.165, 1.54) is 50.5 Å². The van der Waals surface area contributed by atoms with Crippen LogP contribution in [0, 0.1) is 5.92 Å². The second-order valence-electron chi connectivity index (χ2n) is 5.94. The van der Waals surface area contributed by atoms with Crippen molar-refractivity contribution in [2.75, 3.05) is 6.54 Å². The molecular formula is C17H27ClN2. The Morgan fingerprint density at radius 2 is 1.95 bits per heavy atom. The van der Waals surface area contributed by atoms with Crippen molar-refractivity contribution in [2.24, 2.45) is 5.92 Å².